The molecule has 1 unspecified atom stereocenters. The van der Waals surface area contributed by atoms with E-state index < -0.39 is 0 Å². The van der Waals surface area contributed by atoms with Gasteiger partial charge in [-0.3, -0.25) is 9.89 Å². The van der Waals surface area contributed by atoms with Gasteiger partial charge < -0.3 is 9.64 Å². The molecule has 0 aliphatic carbocycles. The van der Waals surface area contributed by atoms with E-state index in [1.165, 1.54) is 0 Å². The third-order valence-electron chi connectivity index (χ3n) is 3.28. The standard InChI is InChI=1S/C14H18N4O2/c1-9(11-7-5-6-8-12(11)20-4)18(3)14(19)13-15-10(2)16-17-13/h5-9H,1-4H3,(H,15,16,17). The number of nitrogens with one attached hydrogen (secondary N) is 1. The summed E-state index contributed by atoms with van der Waals surface area (Å²) < 4.78 is 5.33. The van der Waals surface area contributed by atoms with E-state index in [1.807, 2.05) is 31.2 Å². The number of nitrogens with zero attached hydrogens (tertiary/aromatic N) is 3. The second-order valence-electron chi connectivity index (χ2n) is 4.58. The lowest BCUT2D eigenvalue weighted by Crippen LogP contribution is -2.30. The minimum absolute atomic E-state index is 0.141. The number of ether oxygens (including phenoxy) is 1. The number of hydrogen-bond donors (Lipinski definition) is 1. The Morgan fingerprint density at radius 3 is 2.70 bits per heavy atom. The number of rotatable bonds is 4. The van der Waals surface area contributed by atoms with E-state index in [0.29, 0.717) is 5.82 Å². The van der Waals surface area contributed by atoms with Gasteiger partial charge >= 0.3 is 0 Å². The van der Waals surface area contributed by atoms with Crippen LogP contribution in [0.25, 0.3) is 0 Å². The Morgan fingerprint density at radius 2 is 2.10 bits per heavy atom. The van der Waals surface area contributed by atoms with E-state index in [9.17, 15) is 4.79 Å². The van der Waals surface area contributed by atoms with Crippen LogP contribution >= 0.6 is 0 Å². The highest BCUT2D eigenvalue weighted by Gasteiger charge is 2.23. The Kier molecular flexibility index (Phi) is 4.02. The second kappa shape index (κ2) is 5.73. The normalized spacial score (nSPS) is 12.0. The van der Waals surface area contributed by atoms with Crippen LogP contribution in [0.1, 0.15) is 35.0 Å². The van der Waals surface area contributed by atoms with Gasteiger partial charge in [0.15, 0.2) is 0 Å². The molecule has 0 aliphatic rings. The SMILES string of the molecule is COc1ccccc1C(C)N(C)C(=O)c1n[nH]c(C)n1. The van der Waals surface area contributed by atoms with Gasteiger partial charge in [-0.05, 0) is 19.9 Å². The van der Waals surface area contributed by atoms with E-state index in [0.717, 1.165) is 11.3 Å². The molecule has 0 saturated carbocycles. The zero-order valence-corrected chi connectivity index (χ0v) is 12.0. The number of carbonyl (C=O) groups is 1. The van der Waals surface area contributed by atoms with Crippen molar-refractivity contribution in [1.82, 2.24) is 20.1 Å². The minimum Gasteiger partial charge on any atom is -0.496 e. The minimum atomic E-state index is -0.229. The predicted octanol–water partition coefficient (Wildman–Crippen LogP) is 1.95. The fourth-order valence-corrected chi connectivity index (χ4v) is 1.99. The first-order chi connectivity index (χ1) is 9.54. The highest BCUT2D eigenvalue weighted by Crippen LogP contribution is 2.28. The molecule has 0 radical (unpaired) electrons. The Labute approximate surface area is 117 Å². The number of para-hydroxylation sites is 1. The van der Waals surface area contributed by atoms with Crippen molar-refractivity contribution in [3.05, 3.63) is 41.5 Å². The van der Waals surface area contributed by atoms with Gasteiger partial charge in [-0.15, -0.1) is 5.10 Å². The maximum absolute atomic E-state index is 12.3. The molecule has 1 atom stereocenters. The van der Waals surface area contributed by atoms with E-state index in [-0.39, 0.29) is 17.8 Å². The van der Waals surface area contributed by atoms with Crippen LogP contribution in [-0.4, -0.2) is 40.1 Å². The summed E-state index contributed by atoms with van der Waals surface area (Å²) in [6, 6.07) is 7.49. The number of amides is 1. The maximum atomic E-state index is 12.3. The first kappa shape index (κ1) is 14.0. The molecule has 6 nitrogen and oxygen atoms in total. The van der Waals surface area contributed by atoms with E-state index >= 15 is 0 Å². The summed E-state index contributed by atoms with van der Waals surface area (Å²) in [6.45, 7) is 3.70. The van der Waals surface area contributed by atoms with Crippen molar-refractivity contribution in [1.29, 1.82) is 0 Å². The lowest BCUT2D eigenvalue weighted by Gasteiger charge is -2.25. The molecule has 1 aromatic carbocycles. The first-order valence-electron chi connectivity index (χ1n) is 6.33. The summed E-state index contributed by atoms with van der Waals surface area (Å²) in [5.74, 6) is 1.32. The van der Waals surface area contributed by atoms with Gasteiger partial charge in [-0.2, -0.15) is 0 Å². The Hall–Kier alpha value is -2.37. The van der Waals surface area contributed by atoms with Crippen molar-refractivity contribution in [2.75, 3.05) is 14.2 Å². The average molecular weight is 274 g/mol. The quantitative estimate of drug-likeness (QED) is 0.925. The van der Waals surface area contributed by atoms with Crippen LogP contribution in [0.2, 0.25) is 0 Å². The highest BCUT2D eigenvalue weighted by atomic mass is 16.5. The van der Waals surface area contributed by atoms with Crippen molar-refractivity contribution in [2.24, 2.45) is 0 Å². The van der Waals surface area contributed by atoms with Gasteiger partial charge in [0, 0.05) is 12.6 Å². The van der Waals surface area contributed by atoms with Crippen LogP contribution in [0.5, 0.6) is 5.75 Å². The number of hydrogen-bond acceptors (Lipinski definition) is 4. The molecular formula is C14H18N4O2. The van der Waals surface area contributed by atoms with Gasteiger partial charge in [-0.25, -0.2) is 4.98 Å². The molecule has 0 bridgehead atoms. The summed E-state index contributed by atoms with van der Waals surface area (Å²) in [5.41, 5.74) is 0.943. The fourth-order valence-electron chi connectivity index (χ4n) is 1.99. The summed E-state index contributed by atoms with van der Waals surface area (Å²) in [5, 5.41) is 6.57. The molecule has 1 heterocycles. The number of carbonyl (C=O) groups excluding carboxylic acids is 1. The number of methoxy groups -OCH3 is 1. The molecule has 0 aliphatic heterocycles. The zero-order chi connectivity index (χ0) is 14.7. The molecule has 1 N–H and O–H groups in total. The van der Waals surface area contributed by atoms with E-state index in [2.05, 4.69) is 15.2 Å². The van der Waals surface area contributed by atoms with E-state index in [4.69, 9.17) is 4.74 Å². The predicted molar refractivity (Wildman–Crippen MR) is 74.6 cm³/mol. The van der Waals surface area contributed by atoms with Gasteiger partial charge in [-0.1, -0.05) is 18.2 Å². The van der Waals surface area contributed by atoms with Gasteiger partial charge in [0.1, 0.15) is 11.6 Å². The summed E-state index contributed by atoms with van der Waals surface area (Å²) >= 11 is 0. The Balaban J connectivity index is 2.24. The van der Waals surface area contributed by atoms with Crippen molar-refractivity contribution in [3.63, 3.8) is 0 Å². The number of aromatic nitrogens is 3. The molecule has 1 amide bonds. The van der Waals surface area contributed by atoms with Gasteiger partial charge in [0.25, 0.3) is 5.91 Å². The van der Waals surface area contributed by atoms with Crippen LogP contribution in [0.4, 0.5) is 0 Å². The summed E-state index contributed by atoms with van der Waals surface area (Å²) in [6.07, 6.45) is 0. The highest BCUT2D eigenvalue weighted by molar-refractivity contribution is 5.90. The average Bonchev–Trinajstić information content (AvgIpc) is 2.91. The second-order valence-corrected chi connectivity index (χ2v) is 4.58. The number of H-pyrrole nitrogens is 1. The molecule has 0 spiro atoms. The zero-order valence-electron chi connectivity index (χ0n) is 12.0. The van der Waals surface area contributed by atoms with Crippen LogP contribution in [-0.2, 0) is 0 Å². The van der Waals surface area contributed by atoms with Gasteiger partial charge in [0.05, 0.1) is 13.2 Å². The largest absolute Gasteiger partial charge is 0.496 e. The van der Waals surface area contributed by atoms with E-state index in [1.54, 1.807) is 26.0 Å². The monoisotopic (exact) mass is 274 g/mol. The third-order valence-corrected chi connectivity index (χ3v) is 3.28. The molecule has 0 fully saturated rings. The summed E-state index contributed by atoms with van der Waals surface area (Å²) in [7, 11) is 3.34. The molecule has 0 saturated heterocycles. The molecule has 2 aromatic rings. The summed E-state index contributed by atoms with van der Waals surface area (Å²) in [4.78, 5) is 18.0. The molecule has 20 heavy (non-hydrogen) atoms. The first-order valence-corrected chi connectivity index (χ1v) is 6.33. The number of aryl methyl sites for hydroxylation is 1. The fraction of sp³-hybridized carbons (Fsp3) is 0.357. The van der Waals surface area contributed by atoms with Gasteiger partial charge in [0.2, 0.25) is 5.82 Å². The Morgan fingerprint density at radius 1 is 1.40 bits per heavy atom. The number of benzene rings is 1. The molecule has 1 aromatic heterocycles. The topological polar surface area (TPSA) is 71.1 Å². The van der Waals surface area contributed by atoms with Crippen molar-refractivity contribution in [3.8, 4) is 5.75 Å². The Bertz CT molecular complexity index is 609. The molecular weight excluding hydrogens is 256 g/mol. The molecule has 106 valence electrons. The van der Waals surface area contributed by atoms with Crippen LogP contribution < -0.4 is 4.74 Å². The molecule has 6 heteroatoms. The van der Waals surface area contributed by atoms with Crippen molar-refractivity contribution >= 4 is 5.91 Å². The lowest BCUT2D eigenvalue weighted by molar-refractivity contribution is 0.0729. The third kappa shape index (κ3) is 2.64. The lowest BCUT2D eigenvalue weighted by atomic mass is 10.1. The van der Waals surface area contributed by atoms with Crippen LogP contribution in [0.3, 0.4) is 0 Å². The van der Waals surface area contributed by atoms with Crippen LogP contribution in [0.15, 0.2) is 24.3 Å². The van der Waals surface area contributed by atoms with Crippen molar-refractivity contribution < 1.29 is 9.53 Å². The molecule has 2 rings (SSSR count). The van der Waals surface area contributed by atoms with Crippen molar-refractivity contribution in [2.45, 2.75) is 19.9 Å². The number of aromatic amines is 1. The van der Waals surface area contributed by atoms with Crippen LogP contribution in [0, 0.1) is 6.92 Å². The maximum Gasteiger partial charge on any atom is 0.293 e. The smallest absolute Gasteiger partial charge is 0.293 e.